The van der Waals surface area contributed by atoms with Crippen LogP contribution in [-0.4, -0.2) is 21.4 Å². The Bertz CT molecular complexity index is 892. The normalized spacial score (nSPS) is 16.9. The van der Waals surface area contributed by atoms with Crippen LogP contribution in [-0.2, 0) is 16.4 Å². The monoisotopic (exact) mass is 359 g/mol. The van der Waals surface area contributed by atoms with Gasteiger partial charge in [-0.3, -0.25) is 4.79 Å². The molecule has 2 aromatic rings. The number of benzene rings is 2. The Morgan fingerprint density at radius 2 is 1.88 bits per heavy atom. The average Bonchev–Trinajstić information content (AvgIpc) is 2.61. The number of fused-ring (bicyclic) bond motifs is 1. The lowest BCUT2D eigenvalue weighted by atomic mass is 9.87. The summed E-state index contributed by atoms with van der Waals surface area (Å²) in [6, 6.07) is 11.6. The second-order valence-electron chi connectivity index (χ2n) is 6.11. The quantitative estimate of drug-likeness (QED) is 0.727. The minimum absolute atomic E-state index is 0.0578. The van der Waals surface area contributed by atoms with Gasteiger partial charge in [0.05, 0.1) is 10.9 Å². The van der Waals surface area contributed by atoms with Crippen LogP contribution in [0.5, 0.6) is 0 Å². The predicted molar refractivity (Wildman–Crippen MR) is 96.7 cm³/mol. The highest BCUT2D eigenvalue weighted by Gasteiger charge is 2.22. The topological polar surface area (TPSA) is 101 Å². The van der Waals surface area contributed by atoms with Gasteiger partial charge >= 0.3 is 0 Å². The molecule has 1 atom stereocenters. The third-order valence-electron chi connectivity index (χ3n) is 4.48. The molecule has 1 aliphatic rings. The van der Waals surface area contributed by atoms with Crippen LogP contribution in [0.4, 0.5) is 5.69 Å². The van der Waals surface area contributed by atoms with Crippen LogP contribution in [0.25, 0.3) is 0 Å². The first-order valence-corrected chi connectivity index (χ1v) is 9.62. The van der Waals surface area contributed by atoms with E-state index in [0.717, 1.165) is 30.5 Å². The Morgan fingerprint density at radius 1 is 1.16 bits per heavy atom. The Hall–Kier alpha value is -2.38. The number of nitrogen functional groups attached to an aromatic ring is 1. The standard InChI is InChI=1S/C18H21N3O3S/c1-20-25(23,24)15-8-5-12(6-9-15)18(22)21-17-4-2-3-13-11-14(19)7-10-16(13)17/h5-11,17,20H,2-4,19H2,1H3,(H,21,22). The van der Waals surface area contributed by atoms with Crippen LogP contribution in [0.3, 0.4) is 0 Å². The molecule has 0 saturated heterocycles. The van der Waals surface area contributed by atoms with Crippen LogP contribution in [0.2, 0.25) is 0 Å². The average molecular weight is 359 g/mol. The molecule has 0 aliphatic heterocycles. The molecule has 1 amide bonds. The molecule has 0 fully saturated rings. The van der Waals surface area contributed by atoms with Crippen LogP contribution < -0.4 is 15.8 Å². The van der Waals surface area contributed by atoms with Crippen LogP contribution in [0.15, 0.2) is 47.4 Å². The van der Waals surface area contributed by atoms with E-state index >= 15 is 0 Å². The summed E-state index contributed by atoms with van der Waals surface area (Å²) >= 11 is 0. The van der Waals surface area contributed by atoms with Gasteiger partial charge in [0.25, 0.3) is 5.91 Å². The van der Waals surface area contributed by atoms with Gasteiger partial charge < -0.3 is 11.1 Å². The first-order valence-electron chi connectivity index (χ1n) is 8.13. The maximum Gasteiger partial charge on any atom is 0.251 e. The van der Waals surface area contributed by atoms with Gasteiger partial charge in [-0.25, -0.2) is 13.1 Å². The molecule has 0 aromatic heterocycles. The van der Waals surface area contributed by atoms with Crippen LogP contribution in [0.1, 0.15) is 40.4 Å². The lowest BCUT2D eigenvalue weighted by Gasteiger charge is -2.26. The van der Waals surface area contributed by atoms with Crippen LogP contribution >= 0.6 is 0 Å². The van der Waals surface area contributed by atoms with Crippen molar-refractivity contribution in [1.82, 2.24) is 10.0 Å². The molecule has 3 rings (SSSR count). The van der Waals surface area contributed by atoms with E-state index in [2.05, 4.69) is 10.0 Å². The van der Waals surface area contributed by atoms with Gasteiger partial charge in [0.2, 0.25) is 10.0 Å². The predicted octanol–water partition coefficient (Wildman–Crippen LogP) is 1.98. The van der Waals surface area contributed by atoms with Crippen molar-refractivity contribution in [1.29, 1.82) is 0 Å². The molecular weight excluding hydrogens is 338 g/mol. The second kappa shape index (κ2) is 6.85. The smallest absolute Gasteiger partial charge is 0.251 e. The summed E-state index contributed by atoms with van der Waals surface area (Å²) in [6.07, 6.45) is 2.82. The maximum absolute atomic E-state index is 12.5. The zero-order valence-corrected chi connectivity index (χ0v) is 14.8. The van der Waals surface area contributed by atoms with E-state index in [4.69, 9.17) is 5.73 Å². The van der Waals surface area contributed by atoms with E-state index in [-0.39, 0.29) is 16.8 Å². The van der Waals surface area contributed by atoms with Crippen molar-refractivity contribution < 1.29 is 13.2 Å². The number of carbonyl (C=O) groups is 1. The van der Waals surface area contributed by atoms with Gasteiger partial charge in [-0.15, -0.1) is 0 Å². The molecule has 7 heteroatoms. The van der Waals surface area contributed by atoms with Crippen molar-refractivity contribution in [2.24, 2.45) is 0 Å². The molecule has 0 heterocycles. The fraction of sp³-hybridized carbons (Fsp3) is 0.278. The zero-order valence-electron chi connectivity index (χ0n) is 14.0. The highest BCUT2D eigenvalue weighted by atomic mass is 32.2. The fourth-order valence-electron chi connectivity index (χ4n) is 3.13. The molecule has 1 unspecified atom stereocenters. The molecule has 0 radical (unpaired) electrons. The third-order valence-corrected chi connectivity index (χ3v) is 5.91. The molecule has 132 valence electrons. The SMILES string of the molecule is CNS(=O)(=O)c1ccc(C(=O)NC2CCCc3cc(N)ccc32)cc1. The van der Waals surface area contributed by atoms with E-state index in [1.807, 2.05) is 18.2 Å². The molecule has 0 bridgehead atoms. The first kappa shape index (κ1) is 17.4. The lowest BCUT2D eigenvalue weighted by Crippen LogP contribution is -2.31. The molecule has 6 nitrogen and oxygen atoms in total. The minimum atomic E-state index is -3.51. The number of hydrogen-bond acceptors (Lipinski definition) is 4. The number of anilines is 1. The number of nitrogens with two attached hydrogens (primary N) is 1. The van der Waals surface area contributed by atoms with Crippen molar-refractivity contribution >= 4 is 21.6 Å². The number of sulfonamides is 1. The summed E-state index contributed by atoms with van der Waals surface area (Å²) in [5.41, 5.74) is 9.27. The summed E-state index contributed by atoms with van der Waals surface area (Å²) in [5, 5.41) is 3.04. The number of aryl methyl sites for hydroxylation is 1. The largest absolute Gasteiger partial charge is 0.399 e. The minimum Gasteiger partial charge on any atom is -0.399 e. The Morgan fingerprint density at radius 3 is 2.56 bits per heavy atom. The van der Waals surface area contributed by atoms with E-state index < -0.39 is 10.0 Å². The molecule has 25 heavy (non-hydrogen) atoms. The van der Waals surface area contributed by atoms with Gasteiger partial charge in [0.1, 0.15) is 0 Å². The summed E-state index contributed by atoms with van der Waals surface area (Å²) in [5.74, 6) is -0.219. The van der Waals surface area contributed by atoms with Gasteiger partial charge in [0, 0.05) is 11.3 Å². The van der Waals surface area contributed by atoms with E-state index in [9.17, 15) is 13.2 Å². The molecule has 1 aliphatic carbocycles. The van der Waals surface area contributed by atoms with E-state index in [1.54, 1.807) is 0 Å². The van der Waals surface area contributed by atoms with Crippen molar-refractivity contribution in [3.63, 3.8) is 0 Å². The summed E-state index contributed by atoms with van der Waals surface area (Å²) in [4.78, 5) is 12.6. The summed E-state index contributed by atoms with van der Waals surface area (Å²) in [6.45, 7) is 0. The fourth-order valence-corrected chi connectivity index (χ4v) is 3.86. The summed E-state index contributed by atoms with van der Waals surface area (Å²) in [7, 11) is -2.16. The Labute approximate surface area is 147 Å². The molecule has 0 spiro atoms. The molecule has 2 aromatic carbocycles. The van der Waals surface area contributed by atoms with Gasteiger partial charge in [-0.2, -0.15) is 0 Å². The maximum atomic E-state index is 12.5. The van der Waals surface area contributed by atoms with Crippen molar-refractivity contribution in [2.75, 3.05) is 12.8 Å². The summed E-state index contributed by atoms with van der Waals surface area (Å²) < 4.78 is 25.7. The Balaban J connectivity index is 1.78. The number of carbonyl (C=O) groups excluding carboxylic acids is 1. The lowest BCUT2D eigenvalue weighted by molar-refractivity contribution is 0.0932. The van der Waals surface area contributed by atoms with Gasteiger partial charge in [0.15, 0.2) is 0 Å². The second-order valence-corrected chi connectivity index (χ2v) is 7.99. The highest BCUT2D eigenvalue weighted by Crippen LogP contribution is 2.31. The molecule has 0 saturated carbocycles. The Kier molecular flexibility index (Phi) is 4.78. The van der Waals surface area contributed by atoms with Crippen molar-refractivity contribution in [2.45, 2.75) is 30.2 Å². The first-order chi connectivity index (χ1) is 11.9. The van der Waals surface area contributed by atoms with E-state index in [1.165, 1.54) is 36.9 Å². The number of rotatable bonds is 4. The highest BCUT2D eigenvalue weighted by molar-refractivity contribution is 7.89. The van der Waals surface area contributed by atoms with Crippen molar-refractivity contribution in [3.05, 3.63) is 59.2 Å². The molecular formula is C18H21N3O3S. The number of nitrogens with one attached hydrogen (secondary N) is 2. The number of hydrogen-bond donors (Lipinski definition) is 3. The van der Waals surface area contributed by atoms with Gasteiger partial charge in [-0.1, -0.05) is 6.07 Å². The molecule has 4 N–H and O–H groups in total. The van der Waals surface area contributed by atoms with Crippen LogP contribution in [0, 0.1) is 0 Å². The third kappa shape index (κ3) is 3.67. The van der Waals surface area contributed by atoms with E-state index in [0.29, 0.717) is 5.56 Å². The van der Waals surface area contributed by atoms with Crippen molar-refractivity contribution in [3.8, 4) is 0 Å². The number of amides is 1. The van der Waals surface area contributed by atoms with Gasteiger partial charge in [-0.05, 0) is 73.8 Å². The zero-order chi connectivity index (χ0) is 18.0.